The Morgan fingerprint density at radius 3 is 3.12 bits per heavy atom. The van der Waals surface area contributed by atoms with Crippen LogP contribution in [-0.4, -0.2) is 52.7 Å². The van der Waals surface area contributed by atoms with Crippen LogP contribution >= 0.6 is 0 Å². The lowest BCUT2D eigenvalue weighted by Gasteiger charge is -2.29. The van der Waals surface area contributed by atoms with Gasteiger partial charge in [0.15, 0.2) is 0 Å². The molecular formula is C18H24N4O2. The highest BCUT2D eigenvalue weighted by molar-refractivity contribution is 5.97. The fraction of sp³-hybridized carbons (Fsp3) is 0.556. The summed E-state index contributed by atoms with van der Waals surface area (Å²) < 4.78 is 8.03. The maximum atomic E-state index is 12.0. The maximum Gasteiger partial charge on any atom is 0.251 e. The van der Waals surface area contributed by atoms with Crippen LogP contribution in [0, 0.1) is 0 Å². The van der Waals surface area contributed by atoms with Gasteiger partial charge in [-0.15, -0.1) is 0 Å². The molecule has 3 heterocycles. The molecular weight excluding hydrogens is 304 g/mol. The first-order valence-electron chi connectivity index (χ1n) is 8.86. The van der Waals surface area contributed by atoms with Crippen LogP contribution in [0.5, 0.6) is 0 Å². The summed E-state index contributed by atoms with van der Waals surface area (Å²) in [4.78, 5) is 19.2. The van der Waals surface area contributed by atoms with E-state index in [0.29, 0.717) is 18.2 Å². The van der Waals surface area contributed by atoms with Crippen LogP contribution in [0.25, 0.3) is 11.0 Å². The number of aromatic nitrogens is 2. The van der Waals surface area contributed by atoms with Crippen LogP contribution in [0.3, 0.4) is 0 Å². The van der Waals surface area contributed by atoms with E-state index < -0.39 is 0 Å². The monoisotopic (exact) mass is 328 g/mol. The number of carbonyl (C=O) groups excluding carboxylic acids is 1. The van der Waals surface area contributed by atoms with E-state index in [1.54, 1.807) is 0 Å². The third kappa shape index (κ3) is 2.91. The van der Waals surface area contributed by atoms with Gasteiger partial charge in [-0.2, -0.15) is 0 Å². The fourth-order valence-corrected chi connectivity index (χ4v) is 3.71. The Balaban J connectivity index is 1.55. The molecule has 4 rings (SSSR count). The number of amides is 1. The predicted molar refractivity (Wildman–Crippen MR) is 92.0 cm³/mol. The molecule has 0 radical (unpaired) electrons. The van der Waals surface area contributed by atoms with Crippen molar-refractivity contribution in [3.05, 3.63) is 29.6 Å². The average Bonchev–Trinajstić information content (AvgIpc) is 3.21. The Labute approximate surface area is 141 Å². The minimum Gasteiger partial charge on any atom is -0.377 e. The smallest absolute Gasteiger partial charge is 0.251 e. The van der Waals surface area contributed by atoms with E-state index in [-0.39, 0.29) is 5.91 Å². The van der Waals surface area contributed by atoms with E-state index in [9.17, 15) is 4.79 Å². The van der Waals surface area contributed by atoms with E-state index in [1.165, 1.54) is 12.8 Å². The number of hydrogen-bond acceptors (Lipinski definition) is 4. The largest absolute Gasteiger partial charge is 0.377 e. The molecule has 2 aromatic rings. The summed E-state index contributed by atoms with van der Waals surface area (Å²) in [6.07, 6.45) is 2.73. The fourth-order valence-electron chi connectivity index (χ4n) is 3.71. The standard InChI is InChI=1S/C18H24N4O2/c1-2-19-18(23)13-5-6-16-15(10-13)20-17-12-21(7-8-22(16)17)11-14-4-3-9-24-14/h5-6,10,14H,2-4,7-9,11-12H2,1H3,(H,19,23)/t14-/m1/s1. The number of nitrogens with zero attached hydrogens (tertiary/aromatic N) is 3. The molecule has 1 atom stereocenters. The number of benzene rings is 1. The van der Waals surface area contributed by atoms with Gasteiger partial charge in [0.1, 0.15) is 5.82 Å². The summed E-state index contributed by atoms with van der Waals surface area (Å²) in [5, 5.41) is 2.84. The summed E-state index contributed by atoms with van der Waals surface area (Å²) in [6.45, 7) is 7.27. The van der Waals surface area contributed by atoms with Crippen LogP contribution in [-0.2, 0) is 17.8 Å². The average molecular weight is 328 g/mol. The number of ether oxygens (including phenoxy) is 1. The molecule has 2 aliphatic rings. The molecule has 0 saturated carbocycles. The molecule has 1 aromatic heterocycles. The summed E-state index contributed by atoms with van der Waals surface area (Å²) >= 11 is 0. The van der Waals surface area contributed by atoms with Crippen LogP contribution in [0.2, 0.25) is 0 Å². The molecule has 1 aromatic carbocycles. The number of nitrogens with one attached hydrogen (secondary N) is 1. The van der Waals surface area contributed by atoms with Gasteiger partial charge >= 0.3 is 0 Å². The molecule has 0 spiro atoms. The first-order valence-corrected chi connectivity index (χ1v) is 8.86. The molecule has 24 heavy (non-hydrogen) atoms. The zero-order chi connectivity index (χ0) is 16.5. The molecule has 1 saturated heterocycles. The number of rotatable bonds is 4. The highest BCUT2D eigenvalue weighted by Crippen LogP contribution is 2.23. The second-order valence-corrected chi connectivity index (χ2v) is 6.61. The lowest BCUT2D eigenvalue weighted by atomic mass is 10.2. The van der Waals surface area contributed by atoms with Crippen molar-refractivity contribution in [2.24, 2.45) is 0 Å². The zero-order valence-corrected chi connectivity index (χ0v) is 14.1. The third-order valence-corrected chi connectivity index (χ3v) is 4.92. The topological polar surface area (TPSA) is 59.4 Å². The number of carbonyl (C=O) groups is 1. The lowest BCUT2D eigenvalue weighted by molar-refractivity contribution is 0.0636. The van der Waals surface area contributed by atoms with Crippen molar-refractivity contribution in [3.63, 3.8) is 0 Å². The maximum absolute atomic E-state index is 12.0. The van der Waals surface area contributed by atoms with E-state index in [2.05, 4.69) is 14.8 Å². The Morgan fingerprint density at radius 2 is 2.33 bits per heavy atom. The minimum absolute atomic E-state index is 0.0367. The first-order chi connectivity index (χ1) is 11.7. The second-order valence-electron chi connectivity index (χ2n) is 6.61. The molecule has 1 N–H and O–H groups in total. The molecule has 6 heteroatoms. The summed E-state index contributed by atoms with van der Waals surface area (Å²) in [6, 6.07) is 5.81. The Kier molecular flexibility index (Phi) is 4.24. The van der Waals surface area contributed by atoms with Crippen molar-refractivity contribution in [2.75, 3.05) is 26.2 Å². The SMILES string of the molecule is CCNC(=O)c1ccc2c(c1)nc1n2CCN(C[C@H]2CCCO2)C1. The summed E-state index contributed by atoms with van der Waals surface area (Å²) in [7, 11) is 0. The molecule has 0 unspecified atom stereocenters. The summed E-state index contributed by atoms with van der Waals surface area (Å²) in [5.41, 5.74) is 2.71. The zero-order valence-electron chi connectivity index (χ0n) is 14.1. The highest BCUT2D eigenvalue weighted by atomic mass is 16.5. The quantitative estimate of drug-likeness (QED) is 0.929. The predicted octanol–water partition coefficient (Wildman–Crippen LogP) is 1.78. The van der Waals surface area contributed by atoms with Gasteiger partial charge in [-0.05, 0) is 38.0 Å². The van der Waals surface area contributed by atoms with Crippen LogP contribution in [0.4, 0.5) is 0 Å². The third-order valence-electron chi connectivity index (χ3n) is 4.92. The normalized spacial score (nSPS) is 21.1. The highest BCUT2D eigenvalue weighted by Gasteiger charge is 2.24. The number of hydrogen-bond donors (Lipinski definition) is 1. The van der Waals surface area contributed by atoms with E-state index in [0.717, 1.165) is 49.6 Å². The molecule has 2 aliphatic heterocycles. The summed E-state index contributed by atoms with van der Waals surface area (Å²) in [5.74, 6) is 1.05. The van der Waals surface area contributed by atoms with Crippen LogP contribution < -0.4 is 5.32 Å². The second kappa shape index (κ2) is 6.53. The van der Waals surface area contributed by atoms with E-state index in [4.69, 9.17) is 9.72 Å². The van der Waals surface area contributed by atoms with Gasteiger partial charge < -0.3 is 14.6 Å². The minimum atomic E-state index is -0.0367. The lowest BCUT2D eigenvalue weighted by Crippen LogP contribution is -2.38. The van der Waals surface area contributed by atoms with Gasteiger partial charge in [-0.3, -0.25) is 9.69 Å². The van der Waals surface area contributed by atoms with Crippen LogP contribution in [0.1, 0.15) is 35.9 Å². The molecule has 6 nitrogen and oxygen atoms in total. The van der Waals surface area contributed by atoms with Gasteiger partial charge in [-0.25, -0.2) is 4.98 Å². The van der Waals surface area contributed by atoms with Crippen molar-refractivity contribution in [3.8, 4) is 0 Å². The van der Waals surface area contributed by atoms with Crippen molar-refractivity contribution in [1.82, 2.24) is 19.8 Å². The molecule has 0 bridgehead atoms. The first kappa shape index (κ1) is 15.6. The van der Waals surface area contributed by atoms with Gasteiger partial charge in [0, 0.05) is 38.3 Å². The van der Waals surface area contributed by atoms with Crippen molar-refractivity contribution < 1.29 is 9.53 Å². The van der Waals surface area contributed by atoms with Gasteiger partial charge in [-0.1, -0.05) is 0 Å². The number of fused-ring (bicyclic) bond motifs is 3. The van der Waals surface area contributed by atoms with Crippen molar-refractivity contribution in [1.29, 1.82) is 0 Å². The van der Waals surface area contributed by atoms with Gasteiger partial charge in [0.2, 0.25) is 0 Å². The van der Waals surface area contributed by atoms with E-state index >= 15 is 0 Å². The Hall–Kier alpha value is -1.92. The Morgan fingerprint density at radius 1 is 1.42 bits per heavy atom. The molecule has 0 aliphatic carbocycles. The van der Waals surface area contributed by atoms with Crippen molar-refractivity contribution in [2.45, 2.75) is 39.0 Å². The van der Waals surface area contributed by atoms with Crippen LogP contribution in [0.15, 0.2) is 18.2 Å². The number of imidazole rings is 1. The van der Waals surface area contributed by atoms with Gasteiger partial charge in [0.05, 0.1) is 23.7 Å². The molecule has 1 fully saturated rings. The van der Waals surface area contributed by atoms with E-state index in [1.807, 2.05) is 25.1 Å². The molecule has 128 valence electrons. The Bertz CT molecular complexity index is 749. The molecule has 1 amide bonds. The van der Waals surface area contributed by atoms with Gasteiger partial charge in [0.25, 0.3) is 5.91 Å². The van der Waals surface area contributed by atoms with Crippen molar-refractivity contribution >= 4 is 16.9 Å².